The highest BCUT2D eigenvalue weighted by molar-refractivity contribution is 7.92. The second kappa shape index (κ2) is 10.3. The van der Waals surface area contributed by atoms with Crippen LogP contribution in [0.4, 0.5) is 18.3 Å². The molecule has 3 aromatic rings. The summed E-state index contributed by atoms with van der Waals surface area (Å²) >= 11 is 2.49. The third kappa shape index (κ3) is 5.95. The zero-order chi connectivity index (χ0) is 24.2. The fourth-order valence-electron chi connectivity index (χ4n) is 2.74. The molecule has 14 heteroatoms. The van der Waals surface area contributed by atoms with Gasteiger partial charge in [-0.05, 0) is 24.2 Å². The Morgan fingerprint density at radius 2 is 1.88 bits per heavy atom. The van der Waals surface area contributed by atoms with Crippen molar-refractivity contribution in [2.24, 2.45) is 0 Å². The molecule has 0 saturated carbocycles. The number of nitrogens with one attached hydrogen (secondary N) is 2. The molecule has 0 aliphatic carbocycles. The highest BCUT2D eigenvalue weighted by Crippen LogP contribution is 2.33. The quantitative estimate of drug-likeness (QED) is 0.396. The van der Waals surface area contributed by atoms with Gasteiger partial charge in [-0.1, -0.05) is 19.1 Å². The highest BCUT2D eigenvalue weighted by Gasteiger charge is 2.46. The summed E-state index contributed by atoms with van der Waals surface area (Å²) in [6.07, 6.45) is -0.178. The van der Waals surface area contributed by atoms with Gasteiger partial charge in [-0.15, -0.1) is 22.7 Å². The van der Waals surface area contributed by atoms with E-state index in [1.165, 1.54) is 22.7 Å². The number of sulfone groups is 1. The van der Waals surface area contributed by atoms with Crippen molar-refractivity contribution in [1.82, 2.24) is 15.3 Å². The number of rotatable bonds is 9. The second-order valence-corrected chi connectivity index (χ2v) is 10.6. The molecule has 0 fully saturated rings. The molecule has 0 bridgehead atoms. The molecule has 2 aromatic heterocycles. The number of hydrogen-bond donors (Lipinski definition) is 3. The van der Waals surface area contributed by atoms with Gasteiger partial charge in [0.25, 0.3) is 9.84 Å². The number of nitrogens with zero attached hydrogens (tertiary/aromatic N) is 2. The molecule has 0 radical (unpaired) electrons. The Morgan fingerprint density at radius 1 is 1.18 bits per heavy atom. The van der Waals surface area contributed by atoms with Gasteiger partial charge in [0.1, 0.15) is 5.01 Å². The first-order chi connectivity index (χ1) is 15.5. The maximum atomic E-state index is 12.6. The average molecular weight is 521 g/mol. The Kier molecular flexibility index (Phi) is 7.84. The van der Waals surface area contributed by atoms with Gasteiger partial charge < -0.3 is 15.7 Å². The number of alkyl halides is 3. The van der Waals surface area contributed by atoms with Gasteiger partial charge >= 0.3 is 5.51 Å². The van der Waals surface area contributed by atoms with Crippen LogP contribution in [0.3, 0.4) is 0 Å². The number of aliphatic hydroxyl groups excluding tert-OH is 1. The van der Waals surface area contributed by atoms with E-state index < -0.39 is 26.1 Å². The summed E-state index contributed by atoms with van der Waals surface area (Å²) in [7, 11) is -5.44. The third-order valence-corrected chi connectivity index (χ3v) is 7.67. The minimum Gasteiger partial charge on any atom is -0.389 e. The topological polar surface area (TPSA) is 121 Å². The molecule has 8 nitrogen and oxygen atoms in total. The minimum absolute atomic E-state index is 0.178. The summed E-state index contributed by atoms with van der Waals surface area (Å²) < 4.78 is 60.7. The number of amides is 1. The lowest BCUT2D eigenvalue weighted by molar-refractivity contribution is -0.115. The fourth-order valence-corrected chi connectivity index (χ4v) is 5.19. The molecular weight excluding hydrogens is 501 g/mol. The van der Waals surface area contributed by atoms with Crippen LogP contribution in [0, 0.1) is 0 Å². The van der Waals surface area contributed by atoms with Crippen molar-refractivity contribution in [2.45, 2.75) is 36.9 Å². The summed E-state index contributed by atoms with van der Waals surface area (Å²) in [6.45, 7) is 3.01. The molecule has 178 valence electrons. The third-order valence-electron chi connectivity index (χ3n) is 4.31. The van der Waals surface area contributed by atoms with Gasteiger partial charge in [-0.25, -0.2) is 18.4 Å². The van der Waals surface area contributed by atoms with Gasteiger partial charge in [-0.2, -0.15) is 13.2 Å². The van der Waals surface area contributed by atoms with Crippen LogP contribution in [-0.4, -0.2) is 41.5 Å². The summed E-state index contributed by atoms with van der Waals surface area (Å²) in [5.41, 5.74) is -3.71. The monoisotopic (exact) mass is 520 g/mol. The first kappa shape index (κ1) is 25.2. The van der Waals surface area contributed by atoms with Crippen molar-refractivity contribution in [3.8, 4) is 10.6 Å². The van der Waals surface area contributed by atoms with E-state index in [2.05, 4.69) is 20.6 Å². The van der Waals surface area contributed by atoms with Crippen LogP contribution in [0.1, 0.15) is 23.2 Å². The molecule has 3 rings (SSSR count). The van der Waals surface area contributed by atoms with Gasteiger partial charge in [0, 0.05) is 11.9 Å². The Labute approximate surface area is 195 Å². The zero-order valence-electron chi connectivity index (χ0n) is 17.1. The summed E-state index contributed by atoms with van der Waals surface area (Å²) in [6, 6.07) is 3.96. The molecule has 0 spiro atoms. The van der Waals surface area contributed by atoms with Crippen molar-refractivity contribution in [1.29, 1.82) is 0 Å². The largest absolute Gasteiger partial charge is 0.501 e. The lowest BCUT2D eigenvalue weighted by Crippen LogP contribution is -2.23. The van der Waals surface area contributed by atoms with Crippen LogP contribution in [-0.2, 0) is 34.2 Å². The molecular formula is C19H19F3N4O4S3. The van der Waals surface area contributed by atoms with Crippen molar-refractivity contribution < 1.29 is 31.5 Å². The normalized spacial score (nSPS) is 12.2. The van der Waals surface area contributed by atoms with Crippen molar-refractivity contribution in [3.05, 3.63) is 45.9 Å². The number of anilines is 1. The number of hydrogen-bond acceptors (Lipinski definition) is 9. The molecule has 0 atom stereocenters. The van der Waals surface area contributed by atoms with Gasteiger partial charge in [0.2, 0.25) is 5.91 Å². The van der Waals surface area contributed by atoms with Crippen LogP contribution in [0.5, 0.6) is 0 Å². The van der Waals surface area contributed by atoms with E-state index in [1.807, 2.05) is 6.92 Å². The predicted molar refractivity (Wildman–Crippen MR) is 119 cm³/mol. The first-order valence-corrected chi connectivity index (χ1v) is 12.7. The molecule has 1 aromatic carbocycles. The van der Waals surface area contributed by atoms with E-state index in [9.17, 15) is 31.5 Å². The Morgan fingerprint density at radius 3 is 2.48 bits per heavy atom. The van der Waals surface area contributed by atoms with E-state index >= 15 is 0 Å². The minimum atomic E-state index is -5.44. The maximum absolute atomic E-state index is 12.6. The number of benzene rings is 1. The lowest BCUT2D eigenvalue weighted by atomic mass is 10.1. The van der Waals surface area contributed by atoms with Crippen molar-refractivity contribution in [3.63, 3.8) is 0 Å². The molecule has 3 N–H and O–H groups in total. The fraction of sp³-hybridized carbons (Fsp3) is 0.316. The Hall–Kier alpha value is -2.39. The van der Waals surface area contributed by atoms with Gasteiger partial charge in [0.05, 0.1) is 34.2 Å². The Bertz CT molecular complexity index is 1220. The standard InChI is InChI=1S/C19H19F3N4O4S3/c1-2-23-8-13-17(32-16(9-27)24-13)14-10-31-18(25-14)26-15(28)7-11-3-5-12(6-4-11)33(29,30)19(20,21)22/h3-6,10,23,27H,2,7-9H2,1H3,(H,25,26,28). The van der Waals surface area contributed by atoms with Crippen LogP contribution in [0.15, 0.2) is 34.5 Å². The van der Waals surface area contributed by atoms with Crippen molar-refractivity contribution >= 4 is 43.5 Å². The Balaban J connectivity index is 1.68. The second-order valence-electron chi connectivity index (χ2n) is 6.68. The number of thiazole rings is 2. The number of aromatic nitrogens is 2. The van der Waals surface area contributed by atoms with Crippen LogP contribution in [0.2, 0.25) is 0 Å². The van der Waals surface area contributed by atoms with E-state index in [0.717, 1.165) is 41.4 Å². The number of halogens is 3. The van der Waals surface area contributed by atoms with Gasteiger partial charge in [-0.3, -0.25) is 4.79 Å². The SMILES string of the molecule is CCNCc1nc(CO)sc1-c1csc(NC(=O)Cc2ccc(S(=O)(=O)C(F)(F)F)cc2)n1. The zero-order valence-corrected chi connectivity index (χ0v) is 19.6. The summed E-state index contributed by atoms with van der Waals surface area (Å²) in [5, 5.41) is 17.8. The van der Waals surface area contributed by atoms with Crippen LogP contribution in [0.25, 0.3) is 10.6 Å². The number of carbonyl (C=O) groups is 1. The van der Waals surface area contributed by atoms with E-state index in [-0.39, 0.29) is 13.0 Å². The maximum Gasteiger partial charge on any atom is 0.501 e. The molecule has 0 saturated heterocycles. The van der Waals surface area contributed by atoms with Crippen LogP contribution >= 0.6 is 22.7 Å². The van der Waals surface area contributed by atoms with E-state index in [1.54, 1.807) is 5.38 Å². The smallest absolute Gasteiger partial charge is 0.389 e. The molecule has 0 unspecified atom stereocenters. The molecule has 0 aliphatic rings. The van der Waals surface area contributed by atoms with Gasteiger partial charge in [0.15, 0.2) is 5.13 Å². The number of aliphatic hydroxyl groups is 1. The summed E-state index contributed by atoms with van der Waals surface area (Å²) in [4.78, 5) is 21.0. The molecule has 0 aliphatic heterocycles. The highest BCUT2D eigenvalue weighted by atomic mass is 32.2. The molecule has 33 heavy (non-hydrogen) atoms. The average Bonchev–Trinajstić information content (AvgIpc) is 3.38. The van der Waals surface area contributed by atoms with E-state index in [4.69, 9.17) is 0 Å². The summed E-state index contributed by atoms with van der Waals surface area (Å²) in [5.74, 6) is -0.462. The van der Waals surface area contributed by atoms with E-state index in [0.29, 0.717) is 27.9 Å². The molecule has 2 heterocycles. The van der Waals surface area contributed by atoms with Crippen LogP contribution < -0.4 is 10.6 Å². The first-order valence-electron chi connectivity index (χ1n) is 9.51. The van der Waals surface area contributed by atoms with Crippen molar-refractivity contribution in [2.75, 3.05) is 11.9 Å². The predicted octanol–water partition coefficient (Wildman–Crippen LogP) is 3.34. The molecule has 1 amide bonds. The lowest BCUT2D eigenvalue weighted by Gasteiger charge is -2.08. The number of carbonyl (C=O) groups excluding carboxylic acids is 1.